The lowest BCUT2D eigenvalue weighted by Crippen LogP contribution is -1.89. The Hall–Kier alpha value is -1.42. The van der Waals surface area contributed by atoms with E-state index in [-0.39, 0.29) is 0 Å². The van der Waals surface area contributed by atoms with Crippen LogP contribution in [0.1, 0.15) is 10.4 Å². The molecule has 4 nitrogen and oxygen atoms in total. The Kier molecular flexibility index (Phi) is 1.55. The number of nitrogens with zero attached hydrogens (tertiary/aromatic N) is 2. The molecule has 0 unspecified atom stereocenters. The Labute approximate surface area is 72.1 Å². The topological polar surface area (TPSA) is 56.0 Å². The van der Waals surface area contributed by atoms with Crippen LogP contribution in [0.4, 0.5) is 0 Å². The maximum atomic E-state index is 10.8. The van der Waals surface area contributed by atoms with Gasteiger partial charge in [0.25, 0.3) is 5.24 Å². The number of benzene rings is 1. The van der Waals surface area contributed by atoms with Crippen LogP contribution < -0.4 is 0 Å². The fourth-order valence-electron chi connectivity index (χ4n) is 0.963. The summed E-state index contributed by atoms with van der Waals surface area (Å²) in [6.45, 7) is 0. The fourth-order valence-corrected chi connectivity index (χ4v) is 1.12. The summed E-state index contributed by atoms with van der Waals surface area (Å²) in [5.74, 6) is 0. The van der Waals surface area contributed by atoms with Gasteiger partial charge in [-0.3, -0.25) is 4.79 Å². The number of fused-ring (bicyclic) bond motifs is 1. The van der Waals surface area contributed by atoms with Gasteiger partial charge in [0.2, 0.25) is 0 Å². The number of hydrogen-bond acceptors (Lipinski definition) is 4. The SMILES string of the molecule is O=C(Cl)c1cccc2onnc12. The second kappa shape index (κ2) is 2.57. The van der Waals surface area contributed by atoms with E-state index in [2.05, 4.69) is 10.4 Å². The summed E-state index contributed by atoms with van der Waals surface area (Å²) in [6.07, 6.45) is 0. The second-order valence-corrected chi connectivity index (χ2v) is 2.54. The van der Waals surface area contributed by atoms with E-state index >= 15 is 0 Å². The van der Waals surface area contributed by atoms with Gasteiger partial charge >= 0.3 is 0 Å². The highest BCUT2D eigenvalue weighted by molar-refractivity contribution is 6.68. The average molecular weight is 183 g/mol. The predicted molar refractivity (Wildman–Crippen MR) is 42.0 cm³/mol. The largest absolute Gasteiger partial charge is 0.337 e. The molecule has 12 heavy (non-hydrogen) atoms. The quantitative estimate of drug-likeness (QED) is 0.629. The molecule has 0 aliphatic carbocycles. The minimum atomic E-state index is -0.559. The molecule has 0 fully saturated rings. The minimum Gasteiger partial charge on any atom is -0.337 e. The molecule has 0 atom stereocenters. The van der Waals surface area contributed by atoms with E-state index in [4.69, 9.17) is 16.1 Å². The van der Waals surface area contributed by atoms with Crippen molar-refractivity contribution in [2.24, 2.45) is 0 Å². The Morgan fingerprint density at radius 3 is 3.08 bits per heavy atom. The van der Waals surface area contributed by atoms with E-state index in [0.717, 1.165) is 0 Å². The third-order valence-corrected chi connectivity index (χ3v) is 1.69. The van der Waals surface area contributed by atoms with Gasteiger partial charge in [0.05, 0.1) is 5.56 Å². The first kappa shape index (κ1) is 7.24. The van der Waals surface area contributed by atoms with Crippen molar-refractivity contribution in [3.63, 3.8) is 0 Å². The van der Waals surface area contributed by atoms with Crippen LogP contribution in [0.2, 0.25) is 0 Å². The average Bonchev–Trinajstić information content (AvgIpc) is 2.49. The summed E-state index contributed by atoms with van der Waals surface area (Å²) < 4.78 is 4.74. The first-order chi connectivity index (χ1) is 5.79. The summed E-state index contributed by atoms with van der Waals surface area (Å²) in [4.78, 5) is 10.8. The molecule has 60 valence electrons. The molecule has 1 aromatic heterocycles. The van der Waals surface area contributed by atoms with Gasteiger partial charge in [-0.05, 0) is 23.7 Å². The van der Waals surface area contributed by atoms with Gasteiger partial charge in [-0.15, -0.1) is 5.10 Å². The number of rotatable bonds is 1. The van der Waals surface area contributed by atoms with E-state index in [1.54, 1.807) is 18.2 Å². The van der Waals surface area contributed by atoms with Crippen LogP contribution in [-0.4, -0.2) is 15.6 Å². The van der Waals surface area contributed by atoms with Gasteiger partial charge in [0.15, 0.2) is 5.58 Å². The van der Waals surface area contributed by atoms with E-state index in [1.807, 2.05) is 0 Å². The van der Waals surface area contributed by atoms with Gasteiger partial charge in [-0.1, -0.05) is 6.07 Å². The van der Waals surface area contributed by atoms with Crippen LogP contribution >= 0.6 is 11.6 Å². The molecule has 2 aromatic rings. The predicted octanol–water partition coefficient (Wildman–Crippen LogP) is 1.60. The van der Waals surface area contributed by atoms with E-state index in [9.17, 15) is 4.79 Å². The molecular formula is C7H3ClN2O2. The van der Waals surface area contributed by atoms with E-state index in [0.29, 0.717) is 16.7 Å². The lowest BCUT2D eigenvalue weighted by Gasteiger charge is -1.90. The molecule has 5 heteroatoms. The highest BCUT2D eigenvalue weighted by Gasteiger charge is 2.10. The number of hydrogen-bond donors (Lipinski definition) is 0. The summed E-state index contributed by atoms with van der Waals surface area (Å²) in [5.41, 5.74) is 1.18. The van der Waals surface area contributed by atoms with Crippen molar-refractivity contribution >= 4 is 27.9 Å². The molecule has 1 aromatic carbocycles. The molecule has 0 saturated carbocycles. The summed E-state index contributed by atoms with van der Waals surface area (Å²) in [7, 11) is 0. The van der Waals surface area contributed by atoms with Crippen molar-refractivity contribution < 1.29 is 9.32 Å². The maximum absolute atomic E-state index is 10.8. The second-order valence-electron chi connectivity index (χ2n) is 2.20. The number of aromatic nitrogens is 2. The standard InChI is InChI=1S/C7H3ClN2O2/c8-7(11)4-2-1-3-5-6(4)9-10-12-5/h1-3H. The van der Waals surface area contributed by atoms with Crippen LogP contribution in [0.15, 0.2) is 22.7 Å². The normalized spacial score (nSPS) is 10.4. The fraction of sp³-hybridized carbons (Fsp3) is 0. The zero-order valence-corrected chi connectivity index (χ0v) is 6.58. The molecule has 2 rings (SSSR count). The van der Waals surface area contributed by atoms with Gasteiger partial charge in [-0.25, -0.2) is 0 Å². The van der Waals surface area contributed by atoms with Crippen molar-refractivity contribution in [3.8, 4) is 0 Å². The summed E-state index contributed by atoms with van der Waals surface area (Å²) in [6, 6.07) is 4.89. The van der Waals surface area contributed by atoms with E-state index in [1.165, 1.54) is 0 Å². The van der Waals surface area contributed by atoms with Crippen LogP contribution in [0.5, 0.6) is 0 Å². The number of halogens is 1. The zero-order chi connectivity index (χ0) is 8.55. The number of carbonyl (C=O) groups is 1. The van der Waals surface area contributed by atoms with Crippen molar-refractivity contribution in [2.75, 3.05) is 0 Å². The third kappa shape index (κ3) is 0.967. The molecule has 0 bridgehead atoms. The van der Waals surface area contributed by atoms with Crippen LogP contribution in [0, 0.1) is 0 Å². The molecular weight excluding hydrogens is 180 g/mol. The summed E-state index contributed by atoms with van der Waals surface area (Å²) >= 11 is 5.29. The zero-order valence-electron chi connectivity index (χ0n) is 5.82. The van der Waals surface area contributed by atoms with Gasteiger partial charge in [-0.2, -0.15) is 0 Å². The van der Waals surface area contributed by atoms with Crippen molar-refractivity contribution in [1.82, 2.24) is 10.4 Å². The lowest BCUT2D eigenvalue weighted by atomic mass is 10.2. The molecule has 1 heterocycles. The molecule has 0 radical (unpaired) electrons. The Bertz CT molecular complexity index is 438. The first-order valence-electron chi connectivity index (χ1n) is 3.20. The lowest BCUT2D eigenvalue weighted by molar-refractivity contribution is 0.108. The third-order valence-electron chi connectivity index (χ3n) is 1.49. The van der Waals surface area contributed by atoms with Crippen molar-refractivity contribution in [3.05, 3.63) is 23.8 Å². The van der Waals surface area contributed by atoms with Crippen molar-refractivity contribution in [2.45, 2.75) is 0 Å². The molecule has 0 aliphatic rings. The Morgan fingerprint density at radius 2 is 2.33 bits per heavy atom. The minimum absolute atomic E-state index is 0.315. The van der Waals surface area contributed by atoms with Crippen LogP contribution in [0.25, 0.3) is 11.1 Å². The highest BCUT2D eigenvalue weighted by Crippen LogP contribution is 2.16. The van der Waals surface area contributed by atoms with Gasteiger partial charge in [0.1, 0.15) is 5.52 Å². The Balaban J connectivity index is 2.82. The number of carbonyl (C=O) groups excluding carboxylic acids is 1. The Morgan fingerprint density at radius 1 is 1.50 bits per heavy atom. The maximum Gasteiger partial charge on any atom is 0.254 e. The van der Waals surface area contributed by atoms with Crippen LogP contribution in [-0.2, 0) is 0 Å². The molecule has 0 aliphatic heterocycles. The summed E-state index contributed by atoms with van der Waals surface area (Å²) in [5, 5.41) is 6.37. The highest BCUT2D eigenvalue weighted by atomic mass is 35.5. The van der Waals surface area contributed by atoms with Gasteiger partial charge in [0, 0.05) is 5.27 Å². The molecule has 0 N–H and O–H groups in total. The molecule has 0 saturated heterocycles. The van der Waals surface area contributed by atoms with Crippen molar-refractivity contribution in [1.29, 1.82) is 0 Å². The molecule has 0 spiro atoms. The monoisotopic (exact) mass is 182 g/mol. The first-order valence-corrected chi connectivity index (χ1v) is 3.58. The van der Waals surface area contributed by atoms with E-state index < -0.39 is 5.24 Å². The van der Waals surface area contributed by atoms with Crippen LogP contribution in [0.3, 0.4) is 0 Å². The van der Waals surface area contributed by atoms with Gasteiger partial charge < -0.3 is 4.52 Å². The smallest absolute Gasteiger partial charge is 0.254 e. The molecule has 0 amide bonds.